The van der Waals surface area contributed by atoms with Crippen molar-refractivity contribution in [2.75, 3.05) is 11.9 Å². The fourth-order valence-electron chi connectivity index (χ4n) is 4.27. The quantitative estimate of drug-likeness (QED) is 0.688. The topological polar surface area (TPSA) is 91.4 Å². The van der Waals surface area contributed by atoms with Gasteiger partial charge in [-0.1, -0.05) is 43.5 Å². The van der Waals surface area contributed by atoms with Gasteiger partial charge in [0.2, 0.25) is 5.91 Å². The lowest BCUT2D eigenvalue weighted by molar-refractivity contribution is -0.136. The third-order valence-corrected chi connectivity index (χ3v) is 7.10. The average molecular weight is 447 g/mol. The number of aryl methyl sites for hydroxylation is 1. The molecule has 2 aliphatic rings. The molecule has 1 aliphatic heterocycles. The van der Waals surface area contributed by atoms with Crippen molar-refractivity contribution in [1.29, 1.82) is 0 Å². The van der Waals surface area contributed by atoms with Gasteiger partial charge in [-0.25, -0.2) is 9.78 Å². The molecule has 1 aromatic heterocycles. The largest absolute Gasteiger partial charge is 0.325 e. The Hall–Kier alpha value is -2.45. The molecule has 4 rings (SSSR count). The van der Waals surface area contributed by atoms with Gasteiger partial charge < -0.3 is 10.6 Å². The van der Waals surface area contributed by atoms with Crippen LogP contribution in [0.1, 0.15) is 37.5 Å². The van der Waals surface area contributed by atoms with Gasteiger partial charge in [-0.15, -0.1) is 11.3 Å². The Balaban J connectivity index is 1.45. The van der Waals surface area contributed by atoms with Crippen molar-refractivity contribution in [2.24, 2.45) is 5.92 Å². The molecule has 0 bridgehead atoms. The van der Waals surface area contributed by atoms with Gasteiger partial charge in [0.25, 0.3) is 5.91 Å². The van der Waals surface area contributed by atoms with E-state index in [2.05, 4.69) is 15.6 Å². The summed E-state index contributed by atoms with van der Waals surface area (Å²) in [7, 11) is 0. The predicted octanol–water partition coefficient (Wildman–Crippen LogP) is 4.21. The Labute approximate surface area is 183 Å². The van der Waals surface area contributed by atoms with Crippen LogP contribution in [-0.4, -0.2) is 39.8 Å². The lowest BCUT2D eigenvalue weighted by atomic mass is 9.73. The molecular weight excluding hydrogens is 424 g/mol. The van der Waals surface area contributed by atoms with Crippen molar-refractivity contribution in [3.8, 4) is 11.3 Å². The van der Waals surface area contributed by atoms with Crippen LogP contribution < -0.4 is 10.6 Å². The molecule has 158 valence electrons. The van der Waals surface area contributed by atoms with Gasteiger partial charge in [0, 0.05) is 15.5 Å². The molecule has 1 aliphatic carbocycles. The SMILES string of the molecule is Cc1sc(NC(=O)CN2C(=O)NC3(CCCCC3C)C2=O)nc1-c1ccc(Cl)cc1. The lowest BCUT2D eigenvalue weighted by Crippen LogP contribution is -2.54. The number of carbonyl (C=O) groups excluding carboxylic acids is 3. The first kappa shape index (κ1) is 20.8. The van der Waals surface area contributed by atoms with Crippen LogP contribution in [0.2, 0.25) is 5.02 Å². The summed E-state index contributed by atoms with van der Waals surface area (Å²) in [5.74, 6) is -0.693. The smallest absolute Gasteiger partial charge is 0.323 e. The van der Waals surface area contributed by atoms with Crippen molar-refractivity contribution in [1.82, 2.24) is 15.2 Å². The number of nitrogens with one attached hydrogen (secondary N) is 2. The molecule has 7 nitrogen and oxygen atoms in total. The van der Waals surface area contributed by atoms with Gasteiger partial charge in [0.15, 0.2) is 5.13 Å². The number of hydrogen-bond acceptors (Lipinski definition) is 5. The van der Waals surface area contributed by atoms with Gasteiger partial charge in [0.1, 0.15) is 12.1 Å². The molecule has 1 spiro atoms. The minimum atomic E-state index is -0.866. The maximum atomic E-state index is 13.0. The normalized spacial score (nSPS) is 23.7. The van der Waals surface area contributed by atoms with E-state index in [9.17, 15) is 14.4 Å². The first-order chi connectivity index (χ1) is 14.3. The summed E-state index contributed by atoms with van der Waals surface area (Å²) in [6, 6.07) is 6.81. The number of nitrogens with zero attached hydrogens (tertiary/aromatic N) is 2. The standard InChI is InChI=1S/C21H23ClN4O3S/c1-12-5-3-4-10-21(12)18(28)26(20(29)25-21)11-16(27)23-19-24-17(13(2)30-19)14-6-8-15(22)9-7-14/h6-9,12H,3-5,10-11H2,1-2H3,(H,25,29)(H,23,24,27). The van der Waals surface area contributed by atoms with Crippen LogP contribution in [0, 0.1) is 12.8 Å². The third-order valence-electron chi connectivity index (χ3n) is 5.96. The summed E-state index contributed by atoms with van der Waals surface area (Å²) >= 11 is 7.28. The number of imide groups is 1. The second-order valence-corrected chi connectivity index (χ2v) is 9.56. The van der Waals surface area contributed by atoms with Crippen molar-refractivity contribution < 1.29 is 14.4 Å². The second kappa shape index (κ2) is 8.00. The molecule has 0 radical (unpaired) electrons. The van der Waals surface area contributed by atoms with Crippen LogP contribution in [0.5, 0.6) is 0 Å². The molecule has 1 saturated carbocycles. The van der Waals surface area contributed by atoms with Gasteiger partial charge in [-0.05, 0) is 37.8 Å². The summed E-state index contributed by atoms with van der Waals surface area (Å²) in [4.78, 5) is 44.5. The first-order valence-corrected chi connectivity index (χ1v) is 11.2. The van der Waals surface area contributed by atoms with Crippen molar-refractivity contribution in [3.63, 3.8) is 0 Å². The fourth-order valence-corrected chi connectivity index (χ4v) is 5.24. The summed E-state index contributed by atoms with van der Waals surface area (Å²) in [6.45, 7) is 3.58. The summed E-state index contributed by atoms with van der Waals surface area (Å²) in [5, 5.41) is 6.65. The minimum Gasteiger partial charge on any atom is -0.323 e. The highest BCUT2D eigenvalue weighted by atomic mass is 35.5. The highest BCUT2D eigenvalue weighted by Gasteiger charge is 2.55. The van der Waals surface area contributed by atoms with Gasteiger partial charge >= 0.3 is 6.03 Å². The second-order valence-electron chi connectivity index (χ2n) is 7.92. The minimum absolute atomic E-state index is 0.0549. The zero-order valence-electron chi connectivity index (χ0n) is 16.8. The van der Waals surface area contributed by atoms with E-state index in [0.717, 1.165) is 40.3 Å². The number of benzene rings is 1. The molecule has 9 heteroatoms. The Kier molecular flexibility index (Phi) is 5.55. The van der Waals surface area contributed by atoms with Crippen LogP contribution in [0.3, 0.4) is 0 Å². The Bertz CT molecular complexity index is 1010. The highest BCUT2D eigenvalue weighted by molar-refractivity contribution is 7.16. The summed E-state index contributed by atoms with van der Waals surface area (Å²) in [6.07, 6.45) is 3.44. The first-order valence-electron chi connectivity index (χ1n) is 9.97. The number of rotatable bonds is 4. The van der Waals surface area contributed by atoms with Gasteiger partial charge in [-0.2, -0.15) is 0 Å². The van der Waals surface area contributed by atoms with E-state index in [1.54, 1.807) is 12.1 Å². The molecule has 2 fully saturated rings. The van der Waals surface area contributed by atoms with Crippen LogP contribution in [0.25, 0.3) is 11.3 Å². The van der Waals surface area contributed by atoms with Crippen LogP contribution in [0.4, 0.5) is 9.93 Å². The van der Waals surface area contributed by atoms with Crippen LogP contribution >= 0.6 is 22.9 Å². The van der Waals surface area contributed by atoms with E-state index < -0.39 is 17.5 Å². The molecule has 1 saturated heterocycles. The number of amides is 4. The summed E-state index contributed by atoms with van der Waals surface area (Å²) in [5.41, 5.74) is 0.794. The fraction of sp³-hybridized carbons (Fsp3) is 0.429. The van der Waals surface area contributed by atoms with E-state index in [-0.39, 0.29) is 18.4 Å². The molecular formula is C21H23ClN4O3S. The highest BCUT2D eigenvalue weighted by Crippen LogP contribution is 2.38. The molecule has 2 heterocycles. The maximum absolute atomic E-state index is 13.0. The monoisotopic (exact) mass is 446 g/mol. The molecule has 30 heavy (non-hydrogen) atoms. The van der Waals surface area contributed by atoms with E-state index >= 15 is 0 Å². The predicted molar refractivity (Wildman–Crippen MR) is 117 cm³/mol. The zero-order valence-corrected chi connectivity index (χ0v) is 18.4. The van der Waals surface area contributed by atoms with E-state index in [4.69, 9.17) is 11.6 Å². The number of aromatic nitrogens is 1. The number of hydrogen-bond donors (Lipinski definition) is 2. The van der Waals surface area contributed by atoms with Crippen molar-refractivity contribution >= 4 is 45.9 Å². The van der Waals surface area contributed by atoms with Crippen molar-refractivity contribution in [2.45, 2.75) is 45.1 Å². The van der Waals surface area contributed by atoms with Crippen molar-refractivity contribution in [3.05, 3.63) is 34.2 Å². The number of carbonyl (C=O) groups is 3. The Morgan fingerprint density at radius 3 is 2.77 bits per heavy atom. The van der Waals surface area contributed by atoms with Gasteiger partial charge in [0.05, 0.1) is 5.69 Å². The van der Waals surface area contributed by atoms with Crippen LogP contribution in [-0.2, 0) is 9.59 Å². The van der Waals surface area contributed by atoms with Crippen LogP contribution in [0.15, 0.2) is 24.3 Å². The zero-order chi connectivity index (χ0) is 21.5. The number of thiazole rings is 1. The number of halogens is 1. The molecule has 4 amide bonds. The molecule has 1 aromatic carbocycles. The maximum Gasteiger partial charge on any atom is 0.325 e. The summed E-state index contributed by atoms with van der Waals surface area (Å²) < 4.78 is 0. The Morgan fingerprint density at radius 2 is 2.07 bits per heavy atom. The molecule has 2 aromatic rings. The van der Waals surface area contributed by atoms with E-state index in [1.165, 1.54) is 11.3 Å². The number of urea groups is 1. The molecule has 2 atom stereocenters. The molecule has 2 N–H and O–H groups in total. The third kappa shape index (κ3) is 3.70. The van der Waals surface area contributed by atoms with E-state index in [0.29, 0.717) is 16.6 Å². The number of anilines is 1. The average Bonchev–Trinajstić information content (AvgIpc) is 3.17. The lowest BCUT2D eigenvalue weighted by Gasteiger charge is -2.36. The Morgan fingerprint density at radius 1 is 1.33 bits per heavy atom. The molecule has 2 unspecified atom stereocenters. The van der Waals surface area contributed by atoms with E-state index in [1.807, 2.05) is 26.0 Å². The van der Waals surface area contributed by atoms with Gasteiger partial charge in [-0.3, -0.25) is 14.5 Å².